The zero-order valence-corrected chi connectivity index (χ0v) is 14.8. The predicted molar refractivity (Wildman–Crippen MR) is 97.5 cm³/mol. The third-order valence-corrected chi connectivity index (χ3v) is 2.99. The van der Waals surface area contributed by atoms with Crippen LogP contribution in [0.2, 0.25) is 0 Å². The van der Waals surface area contributed by atoms with E-state index >= 15 is 0 Å². The van der Waals surface area contributed by atoms with Gasteiger partial charge in [0, 0.05) is 0 Å². The maximum atomic E-state index is 10.3. The summed E-state index contributed by atoms with van der Waals surface area (Å²) >= 11 is 0. The highest BCUT2D eigenvalue weighted by atomic mass is 16.4. The fourth-order valence-corrected chi connectivity index (χ4v) is 1.54. The normalized spacial score (nSPS) is 9.17. The van der Waals surface area contributed by atoms with Crippen LogP contribution < -0.4 is 11.5 Å². The van der Waals surface area contributed by atoms with E-state index in [1.807, 2.05) is 0 Å². The van der Waals surface area contributed by atoms with Crippen LogP contribution in [0.1, 0.15) is 73.1 Å². The average molecular weight is 340 g/mol. The summed E-state index contributed by atoms with van der Waals surface area (Å²) in [6.07, 6.45) is 7.51. The maximum Gasteiger partial charge on any atom is 0.335 e. The molecule has 0 radical (unpaired) electrons. The Morgan fingerprint density at radius 2 is 1.04 bits per heavy atom. The van der Waals surface area contributed by atoms with Gasteiger partial charge in [-0.05, 0) is 50.2 Å². The number of hydrogen-bond acceptors (Lipinski definition) is 4. The molecule has 0 heterocycles. The van der Waals surface area contributed by atoms with Crippen molar-refractivity contribution < 1.29 is 19.8 Å². The summed E-state index contributed by atoms with van der Waals surface area (Å²) in [6.45, 7) is 6.06. The molecule has 0 aliphatic rings. The molecule has 6 nitrogen and oxygen atoms in total. The van der Waals surface area contributed by atoms with E-state index < -0.39 is 11.9 Å². The molecule has 0 unspecified atom stereocenters. The quantitative estimate of drug-likeness (QED) is 0.537. The number of unbranched alkanes of at least 4 members (excludes halogenated alkanes) is 4. The number of aromatic carboxylic acids is 2. The van der Waals surface area contributed by atoms with E-state index in [1.54, 1.807) is 0 Å². The van der Waals surface area contributed by atoms with Crippen LogP contribution in [0.5, 0.6) is 0 Å². The van der Waals surface area contributed by atoms with Gasteiger partial charge in [-0.2, -0.15) is 0 Å². The molecule has 1 aromatic carbocycles. The van der Waals surface area contributed by atoms with Crippen LogP contribution in [0.15, 0.2) is 24.3 Å². The van der Waals surface area contributed by atoms with Gasteiger partial charge >= 0.3 is 11.9 Å². The predicted octanol–water partition coefficient (Wildman–Crippen LogP) is 3.35. The first kappa shape index (κ1) is 24.3. The highest BCUT2D eigenvalue weighted by Gasteiger charge is 2.04. The average Bonchev–Trinajstić information content (AvgIpc) is 2.59. The molecular formula is C18H32N2O4. The third kappa shape index (κ3) is 15.0. The Morgan fingerprint density at radius 1 is 0.750 bits per heavy atom. The molecule has 0 spiro atoms. The topological polar surface area (TPSA) is 127 Å². The molecule has 6 heteroatoms. The van der Waals surface area contributed by atoms with Crippen LogP contribution in [-0.2, 0) is 0 Å². The van der Waals surface area contributed by atoms with Crippen molar-refractivity contribution in [2.45, 2.75) is 52.4 Å². The van der Waals surface area contributed by atoms with Crippen molar-refractivity contribution >= 4 is 11.9 Å². The number of rotatable bonds is 8. The molecule has 0 aliphatic carbocycles. The van der Waals surface area contributed by atoms with Gasteiger partial charge in [-0.15, -0.1) is 0 Å². The van der Waals surface area contributed by atoms with Crippen molar-refractivity contribution in [2.75, 3.05) is 13.1 Å². The van der Waals surface area contributed by atoms with E-state index in [2.05, 4.69) is 13.8 Å². The molecule has 0 saturated heterocycles. The molecule has 1 rings (SSSR count). The number of nitrogens with two attached hydrogens (primary N) is 2. The minimum atomic E-state index is -1.06. The Balaban J connectivity index is 0. The molecule has 0 amide bonds. The van der Waals surface area contributed by atoms with Crippen molar-refractivity contribution in [3.05, 3.63) is 35.4 Å². The molecule has 138 valence electrons. The highest BCUT2D eigenvalue weighted by Crippen LogP contribution is 2.03. The first-order valence-corrected chi connectivity index (χ1v) is 8.41. The molecule has 1 aromatic rings. The lowest BCUT2D eigenvalue weighted by Gasteiger charge is -1.94. The fraction of sp³-hybridized carbons (Fsp3) is 0.556. The van der Waals surface area contributed by atoms with Crippen molar-refractivity contribution in [3.63, 3.8) is 0 Å². The lowest BCUT2D eigenvalue weighted by atomic mass is 10.1. The summed E-state index contributed by atoms with van der Waals surface area (Å²) in [4.78, 5) is 20.7. The zero-order chi connectivity index (χ0) is 18.8. The minimum absolute atomic E-state index is 0.0833. The fourth-order valence-electron chi connectivity index (χ4n) is 1.54. The SMILES string of the molecule is CCCCCN.CCCCCN.O=C(O)c1ccc(C(=O)O)cc1. The summed E-state index contributed by atoms with van der Waals surface area (Å²) in [7, 11) is 0. The molecule has 0 aromatic heterocycles. The van der Waals surface area contributed by atoms with Gasteiger partial charge in [0.1, 0.15) is 0 Å². The zero-order valence-electron chi connectivity index (χ0n) is 14.8. The van der Waals surface area contributed by atoms with Crippen LogP contribution in [0.3, 0.4) is 0 Å². The molecule has 0 fully saturated rings. The number of carboxylic acid groups (broad SMARTS) is 2. The Bertz CT molecular complexity index is 384. The minimum Gasteiger partial charge on any atom is -0.478 e. The van der Waals surface area contributed by atoms with E-state index in [0.717, 1.165) is 13.1 Å². The third-order valence-electron chi connectivity index (χ3n) is 2.99. The van der Waals surface area contributed by atoms with Crippen molar-refractivity contribution in [3.8, 4) is 0 Å². The summed E-state index contributed by atoms with van der Waals surface area (Å²) in [5, 5.41) is 16.9. The van der Waals surface area contributed by atoms with E-state index in [1.165, 1.54) is 62.8 Å². The second-order valence-electron chi connectivity index (χ2n) is 5.18. The van der Waals surface area contributed by atoms with Gasteiger partial charge in [0.15, 0.2) is 0 Å². The monoisotopic (exact) mass is 340 g/mol. The highest BCUT2D eigenvalue weighted by molar-refractivity contribution is 5.91. The summed E-state index contributed by atoms with van der Waals surface area (Å²) in [5.41, 5.74) is 10.6. The van der Waals surface area contributed by atoms with Crippen LogP contribution >= 0.6 is 0 Å². The van der Waals surface area contributed by atoms with Gasteiger partial charge in [0.2, 0.25) is 0 Å². The lowest BCUT2D eigenvalue weighted by molar-refractivity contribution is 0.0681. The van der Waals surface area contributed by atoms with E-state index in [9.17, 15) is 9.59 Å². The van der Waals surface area contributed by atoms with Crippen LogP contribution in [0.4, 0.5) is 0 Å². The molecule has 6 N–H and O–H groups in total. The number of benzene rings is 1. The molecule has 0 bridgehead atoms. The van der Waals surface area contributed by atoms with Crippen LogP contribution in [0, 0.1) is 0 Å². The van der Waals surface area contributed by atoms with Gasteiger partial charge < -0.3 is 21.7 Å². The Morgan fingerprint density at radius 3 is 1.17 bits per heavy atom. The molecule has 24 heavy (non-hydrogen) atoms. The van der Waals surface area contributed by atoms with Gasteiger partial charge in [0.25, 0.3) is 0 Å². The number of carboxylic acids is 2. The van der Waals surface area contributed by atoms with Gasteiger partial charge in [-0.1, -0.05) is 39.5 Å². The van der Waals surface area contributed by atoms with E-state index in [-0.39, 0.29) is 11.1 Å². The van der Waals surface area contributed by atoms with Crippen LogP contribution in [0.25, 0.3) is 0 Å². The van der Waals surface area contributed by atoms with Crippen LogP contribution in [-0.4, -0.2) is 35.2 Å². The Kier molecular flexibility index (Phi) is 17.7. The summed E-state index contributed by atoms with van der Waals surface area (Å²) < 4.78 is 0. The second kappa shape index (κ2) is 17.4. The lowest BCUT2D eigenvalue weighted by Crippen LogP contribution is -1.99. The number of carbonyl (C=O) groups is 2. The van der Waals surface area contributed by atoms with Gasteiger partial charge in [0.05, 0.1) is 11.1 Å². The molecular weight excluding hydrogens is 308 g/mol. The maximum absolute atomic E-state index is 10.3. The first-order valence-electron chi connectivity index (χ1n) is 8.41. The molecule has 0 aliphatic heterocycles. The first-order chi connectivity index (χ1) is 11.4. The van der Waals surface area contributed by atoms with E-state index in [4.69, 9.17) is 21.7 Å². The molecule has 0 atom stereocenters. The Hall–Kier alpha value is -1.92. The Labute approximate surface area is 144 Å². The standard InChI is InChI=1S/C8H6O4.2C5H13N/c9-7(10)5-1-2-6(4-3-5)8(11)12;2*1-2-3-4-5-6/h1-4H,(H,9,10)(H,11,12);2*2-6H2,1H3. The summed E-state index contributed by atoms with van der Waals surface area (Å²) in [6, 6.07) is 5.02. The largest absolute Gasteiger partial charge is 0.478 e. The smallest absolute Gasteiger partial charge is 0.335 e. The summed E-state index contributed by atoms with van der Waals surface area (Å²) in [5.74, 6) is -2.13. The van der Waals surface area contributed by atoms with Crippen molar-refractivity contribution in [2.24, 2.45) is 11.5 Å². The van der Waals surface area contributed by atoms with Gasteiger partial charge in [-0.3, -0.25) is 0 Å². The van der Waals surface area contributed by atoms with Crippen molar-refractivity contribution in [1.82, 2.24) is 0 Å². The van der Waals surface area contributed by atoms with Crippen molar-refractivity contribution in [1.29, 1.82) is 0 Å². The number of hydrogen-bond donors (Lipinski definition) is 4. The molecule has 0 saturated carbocycles. The van der Waals surface area contributed by atoms with E-state index in [0.29, 0.717) is 0 Å². The van der Waals surface area contributed by atoms with Gasteiger partial charge in [-0.25, -0.2) is 9.59 Å². The second-order valence-corrected chi connectivity index (χ2v) is 5.18.